The maximum absolute atomic E-state index is 8.96. The molecule has 0 saturated heterocycles. The van der Waals surface area contributed by atoms with E-state index in [9.17, 15) is 0 Å². The maximum Gasteiger partial charge on any atom is 0.101 e. The van der Waals surface area contributed by atoms with E-state index in [0.717, 1.165) is 11.1 Å². The van der Waals surface area contributed by atoms with Crippen molar-refractivity contribution < 1.29 is 0 Å². The van der Waals surface area contributed by atoms with E-state index in [1.54, 1.807) is 12.1 Å². The Hall–Kier alpha value is -2.58. The molecular weight excluding hydrogens is 208 g/mol. The zero-order chi connectivity index (χ0) is 12.3. The Morgan fingerprint density at radius 3 is 1.94 bits per heavy atom. The van der Waals surface area contributed by atoms with Crippen LogP contribution >= 0.6 is 0 Å². The van der Waals surface area contributed by atoms with E-state index in [2.05, 4.69) is 0 Å². The smallest absolute Gasteiger partial charge is 0.101 e. The Bertz CT molecular complexity index is 625. The minimum atomic E-state index is 0.420. The van der Waals surface area contributed by atoms with Gasteiger partial charge in [0.15, 0.2) is 0 Å². The molecule has 0 amide bonds. The molecule has 2 heteroatoms. The third-order valence-electron chi connectivity index (χ3n) is 2.65. The lowest BCUT2D eigenvalue weighted by Gasteiger charge is -2.03. The van der Waals surface area contributed by atoms with Crippen LogP contribution in [0.4, 0.5) is 0 Å². The molecule has 0 spiro atoms. The van der Waals surface area contributed by atoms with Crippen molar-refractivity contribution in [3.05, 3.63) is 59.2 Å². The monoisotopic (exact) mass is 218 g/mol. The van der Waals surface area contributed by atoms with Crippen molar-refractivity contribution in [2.75, 3.05) is 0 Å². The predicted octanol–water partition coefficient (Wildman–Crippen LogP) is 3.41. The van der Waals surface area contributed by atoms with Gasteiger partial charge in [0.25, 0.3) is 0 Å². The Balaban J connectivity index is 2.52. The second-order valence-corrected chi connectivity index (χ2v) is 3.85. The SMILES string of the molecule is Cc1ccc(-c2ccc(C#N)c(C#N)c2)cc1. The number of aryl methyl sites for hydroxylation is 1. The third-order valence-corrected chi connectivity index (χ3v) is 2.65. The minimum absolute atomic E-state index is 0.420. The van der Waals surface area contributed by atoms with Gasteiger partial charge in [-0.05, 0) is 30.2 Å². The summed E-state index contributed by atoms with van der Waals surface area (Å²) < 4.78 is 0. The summed E-state index contributed by atoms with van der Waals surface area (Å²) in [4.78, 5) is 0. The second-order valence-electron chi connectivity index (χ2n) is 3.85. The van der Waals surface area contributed by atoms with Gasteiger partial charge in [0.2, 0.25) is 0 Å². The number of benzene rings is 2. The van der Waals surface area contributed by atoms with Crippen LogP contribution in [0.2, 0.25) is 0 Å². The normalized spacial score (nSPS) is 9.35. The van der Waals surface area contributed by atoms with Crippen molar-refractivity contribution >= 4 is 0 Å². The molecule has 0 unspecified atom stereocenters. The lowest BCUT2D eigenvalue weighted by atomic mass is 9.99. The zero-order valence-corrected chi connectivity index (χ0v) is 9.44. The largest absolute Gasteiger partial charge is 0.192 e. The highest BCUT2D eigenvalue weighted by Crippen LogP contribution is 2.22. The lowest BCUT2D eigenvalue weighted by molar-refractivity contribution is 1.42. The van der Waals surface area contributed by atoms with E-state index in [4.69, 9.17) is 10.5 Å². The molecule has 0 aliphatic heterocycles. The summed E-state index contributed by atoms with van der Waals surface area (Å²) in [6.07, 6.45) is 0. The predicted molar refractivity (Wildman–Crippen MR) is 66.0 cm³/mol. The van der Waals surface area contributed by atoms with Gasteiger partial charge in [-0.3, -0.25) is 0 Å². The van der Waals surface area contributed by atoms with Gasteiger partial charge < -0.3 is 0 Å². The molecule has 0 fully saturated rings. The molecule has 0 N–H and O–H groups in total. The average molecular weight is 218 g/mol. The van der Waals surface area contributed by atoms with E-state index in [1.807, 2.05) is 49.4 Å². The molecule has 0 aliphatic carbocycles. The third kappa shape index (κ3) is 2.17. The van der Waals surface area contributed by atoms with Crippen molar-refractivity contribution in [3.63, 3.8) is 0 Å². The molecular formula is C15H10N2. The van der Waals surface area contributed by atoms with Crippen LogP contribution in [0.15, 0.2) is 42.5 Å². The lowest BCUT2D eigenvalue weighted by Crippen LogP contribution is -1.86. The molecule has 0 aliphatic rings. The number of rotatable bonds is 1. The number of nitrogens with zero attached hydrogens (tertiary/aromatic N) is 2. The minimum Gasteiger partial charge on any atom is -0.192 e. The van der Waals surface area contributed by atoms with Crippen molar-refractivity contribution in [2.24, 2.45) is 0 Å². The van der Waals surface area contributed by atoms with E-state index in [0.29, 0.717) is 11.1 Å². The van der Waals surface area contributed by atoms with Crippen LogP contribution in [0, 0.1) is 29.6 Å². The van der Waals surface area contributed by atoms with Crippen molar-refractivity contribution in [3.8, 4) is 23.3 Å². The summed E-state index contributed by atoms with van der Waals surface area (Å²) in [6, 6.07) is 17.4. The standard InChI is InChI=1S/C15H10N2/c1-11-2-4-12(5-3-11)13-6-7-14(9-16)15(8-13)10-17/h2-8H,1H3. The average Bonchev–Trinajstić information content (AvgIpc) is 2.39. The summed E-state index contributed by atoms with van der Waals surface area (Å²) in [5.74, 6) is 0. The van der Waals surface area contributed by atoms with Gasteiger partial charge in [0, 0.05) is 0 Å². The Kier molecular flexibility index (Phi) is 2.90. The van der Waals surface area contributed by atoms with Crippen LogP contribution in [0.3, 0.4) is 0 Å². The molecule has 2 rings (SSSR count). The van der Waals surface area contributed by atoms with Crippen LogP contribution in [0.25, 0.3) is 11.1 Å². The summed E-state index contributed by atoms with van der Waals surface area (Å²) in [5.41, 5.74) is 4.05. The van der Waals surface area contributed by atoms with Crippen LogP contribution in [-0.4, -0.2) is 0 Å². The molecule has 0 atom stereocenters. The molecule has 2 aromatic rings. The van der Waals surface area contributed by atoms with Crippen LogP contribution < -0.4 is 0 Å². The quantitative estimate of drug-likeness (QED) is 0.736. The molecule has 0 heterocycles. The first-order valence-electron chi connectivity index (χ1n) is 5.26. The van der Waals surface area contributed by atoms with Gasteiger partial charge in [-0.15, -0.1) is 0 Å². The fraction of sp³-hybridized carbons (Fsp3) is 0.0667. The molecule has 0 saturated carbocycles. The van der Waals surface area contributed by atoms with Crippen molar-refractivity contribution in [2.45, 2.75) is 6.92 Å². The first-order chi connectivity index (χ1) is 8.24. The first-order valence-corrected chi connectivity index (χ1v) is 5.26. The van der Waals surface area contributed by atoms with E-state index >= 15 is 0 Å². The van der Waals surface area contributed by atoms with Crippen LogP contribution in [0.5, 0.6) is 0 Å². The molecule has 0 radical (unpaired) electrons. The summed E-state index contributed by atoms with van der Waals surface area (Å²) >= 11 is 0. The van der Waals surface area contributed by atoms with Crippen LogP contribution in [-0.2, 0) is 0 Å². The first kappa shape index (κ1) is 10.9. The second kappa shape index (κ2) is 4.51. The van der Waals surface area contributed by atoms with E-state index in [-0.39, 0.29) is 0 Å². The maximum atomic E-state index is 8.96. The number of hydrogen-bond donors (Lipinski definition) is 0. The number of hydrogen-bond acceptors (Lipinski definition) is 2. The fourth-order valence-corrected chi connectivity index (χ4v) is 1.66. The van der Waals surface area contributed by atoms with Crippen LogP contribution in [0.1, 0.15) is 16.7 Å². The highest BCUT2D eigenvalue weighted by atomic mass is 14.3. The fourth-order valence-electron chi connectivity index (χ4n) is 1.66. The Morgan fingerprint density at radius 1 is 0.765 bits per heavy atom. The molecule has 17 heavy (non-hydrogen) atoms. The summed E-state index contributed by atoms with van der Waals surface area (Å²) in [6.45, 7) is 2.03. The van der Waals surface area contributed by atoms with Crippen molar-refractivity contribution in [1.82, 2.24) is 0 Å². The van der Waals surface area contributed by atoms with Gasteiger partial charge in [-0.25, -0.2) is 0 Å². The number of nitriles is 2. The summed E-state index contributed by atoms with van der Waals surface area (Å²) in [5, 5.41) is 17.8. The molecule has 0 bridgehead atoms. The zero-order valence-electron chi connectivity index (χ0n) is 9.44. The molecule has 80 valence electrons. The highest BCUT2D eigenvalue weighted by molar-refractivity contribution is 5.67. The van der Waals surface area contributed by atoms with E-state index < -0.39 is 0 Å². The summed E-state index contributed by atoms with van der Waals surface area (Å²) in [7, 11) is 0. The van der Waals surface area contributed by atoms with Gasteiger partial charge >= 0.3 is 0 Å². The van der Waals surface area contributed by atoms with Gasteiger partial charge in [0.1, 0.15) is 12.1 Å². The molecule has 0 aromatic heterocycles. The van der Waals surface area contributed by atoms with Gasteiger partial charge in [-0.2, -0.15) is 10.5 Å². The highest BCUT2D eigenvalue weighted by Gasteiger charge is 2.04. The van der Waals surface area contributed by atoms with Gasteiger partial charge in [0.05, 0.1) is 11.1 Å². The molecule has 2 nitrogen and oxygen atoms in total. The van der Waals surface area contributed by atoms with Gasteiger partial charge in [-0.1, -0.05) is 35.9 Å². The van der Waals surface area contributed by atoms with E-state index in [1.165, 1.54) is 5.56 Å². The Labute approximate surface area is 100 Å². The topological polar surface area (TPSA) is 47.6 Å². The van der Waals surface area contributed by atoms with Crippen molar-refractivity contribution in [1.29, 1.82) is 10.5 Å². The Morgan fingerprint density at radius 2 is 1.35 bits per heavy atom. The molecule has 2 aromatic carbocycles.